The smallest absolute Gasteiger partial charge is 0.338 e. The fourth-order valence-electron chi connectivity index (χ4n) is 2.45. The fraction of sp³-hybridized carbons (Fsp3) is 0.500. The molecule has 5 heteroatoms. The first kappa shape index (κ1) is 15.8. The second-order valence-electron chi connectivity index (χ2n) is 5.30. The van der Waals surface area contributed by atoms with Crippen LogP contribution in [0.25, 0.3) is 0 Å². The Morgan fingerprint density at radius 1 is 1.33 bits per heavy atom. The van der Waals surface area contributed by atoms with Gasteiger partial charge in [-0.05, 0) is 37.5 Å². The van der Waals surface area contributed by atoms with Gasteiger partial charge in [-0.15, -0.1) is 0 Å². The van der Waals surface area contributed by atoms with Gasteiger partial charge in [-0.25, -0.2) is 4.79 Å². The Hall–Kier alpha value is -1.55. The van der Waals surface area contributed by atoms with E-state index in [0.717, 1.165) is 32.1 Å². The molecule has 0 bridgehead atoms. The van der Waals surface area contributed by atoms with E-state index >= 15 is 0 Å². The molecule has 1 aliphatic rings. The molecule has 0 unspecified atom stereocenters. The van der Waals surface area contributed by atoms with Gasteiger partial charge in [-0.2, -0.15) is 0 Å². The topological polar surface area (TPSA) is 55.4 Å². The molecule has 0 radical (unpaired) electrons. The van der Waals surface area contributed by atoms with Crippen molar-refractivity contribution in [2.24, 2.45) is 5.92 Å². The molecule has 0 aliphatic heterocycles. The van der Waals surface area contributed by atoms with Crippen LogP contribution in [-0.4, -0.2) is 18.5 Å². The van der Waals surface area contributed by atoms with Crippen LogP contribution in [0.1, 0.15) is 49.4 Å². The van der Waals surface area contributed by atoms with Crippen LogP contribution >= 0.6 is 11.6 Å². The number of amides is 1. The van der Waals surface area contributed by atoms with E-state index in [4.69, 9.17) is 16.3 Å². The average molecular weight is 310 g/mol. The minimum atomic E-state index is -0.398. The monoisotopic (exact) mass is 309 g/mol. The van der Waals surface area contributed by atoms with Crippen molar-refractivity contribution < 1.29 is 14.3 Å². The third kappa shape index (κ3) is 4.21. The van der Waals surface area contributed by atoms with Gasteiger partial charge in [0.2, 0.25) is 5.91 Å². The number of halogens is 1. The number of benzene rings is 1. The lowest BCUT2D eigenvalue weighted by molar-refractivity contribution is -0.119. The lowest BCUT2D eigenvalue weighted by Gasteiger charge is -2.12. The van der Waals surface area contributed by atoms with Crippen LogP contribution in [-0.2, 0) is 9.53 Å². The molecule has 0 heterocycles. The van der Waals surface area contributed by atoms with Crippen LogP contribution in [0.3, 0.4) is 0 Å². The van der Waals surface area contributed by atoms with E-state index in [0.29, 0.717) is 22.9 Å². The van der Waals surface area contributed by atoms with Crippen LogP contribution in [0.4, 0.5) is 5.69 Å². The molecular formula is C16H20ClNO3. The molecule has 0 saturated heterocycles. The van der Waals surface area contributed by atoms with Crippen molar-refractivity contribution in [3.8, 4) is 0 Å². The molecule has 1 aliphatic carbocycles. The summed E-state index contributed by atoms with van der Waals surface area (Å²) < 4.78 is 5.08. The summed E-state index contributed by atoms with van der Waals surface area (Å²) in [7, 11) is 0. The van der Waals surface area contributed by atoms with Crippen molar-refractivity contribution in [2.75, 3.05) is 11.9 Å². The minimum Gasteiger partial charge on any atom is -0.462 e. The maximum absolute atomic E-state index is 12.1. The Bertz CT molecular complexity index is 524. The van der Waals surface area contributed by atoms with Crippen LogP contribution in [0, 0.1) is 5.92 Å². The molecule has 1 amide bonds. The quantitative estimate of drug-likeness (QED) is 0.835. The fourth-order valence-corrected chi connectivity index (χ4v) is 2.61. The van der Waals surface area contributed by atoms with Crippen LogP contribution in [0.15, 0.2) is 18.2 Å². The summed E-state index contributed by atoms with van der Waals surface area (Å²) in [6, 6.07) is 4.78. The van der Waals surface area contributed by atoms with E-state index in [1.54, 1.807) is 18.2 Å². The van der Waals surface area contributed by atoms with Crippen LogP contribution < -0.4 is 5.32 Å². The highest BCUT2D eigenvalue weighted by Crippen LogP contribution is 2.28. The van der Waals surface area contributed by atoms with E-state index in [-0.39, 0.29) is 11.8 Å². The molecule has 4 nitrogen and oxygen atoms in total. The molecular weight excluding hydrogens is 290 g/mol. The van der Waals surface area contributed by atoms with Gasteiger partial charge < -0.3 is 10.1 Å². The van der Waals surface area contributed by atoms with Gasteiger partial charge in [0.1, 0.15) is 0 Å². The van der Waals surface area contributed by atoms with Gasteiger partial charge >= 0.3 is 5.97 Å². The molecule has 0 aromatic heterocycles. The summed E-state index contributed by atoms with van der Waals surface area (Å²) in [6.45, 7) is 2.31. The van der Waals surface area contributed by atoms with Gasteiger partial charge in [0, 0.05) is 5.92 Å². The number of anilines is 1. The maximum Gasteiger partial charge on any atom is 0.338 e. The first-order valence-corrected chi connectivity index (χ1v) is 7.77. The van der Waals surface area contributed by atoms with Gasteiger partial charge in [-0.1, -0.05) is 31.4 Å². The van der Waals surface area contributed by atoms with Crippen molar-refractivity contribution in [3.63, 3.8) is 0 Å². The number of ether oxygens (including phenoxy) is 1. The maximum atomic E-state index is 12.1. The molecule has 1 fully saturated rings. The first-order valence-electron chi connectivity index (χ1n) is 7.39. The van der Waals surface area contributed by atoms with Crippen molar-refractivity contribution >= 4 is 29.2 Å². The summed E-state index contributed by atoms with van der Waals surface area (Å²) in [5, 5.41) is 3.25. The molecule has 2 rings (SSSR count). The Morgan fingerprint density at radius 2 is 2.05 bits per heavy atom. The largest absolute Gasteiger partial charge is 0.462 e. The van der Waals surface area contributed by atoms with Gasteiger partial charge in [0.05, 0.1) is 22.9 Å². The van der Waals surface area contributed by atoms with Crippen LogP contribution in [0.2, 0.25) is 5.02 Å². The van der Waals surface area contributed by atoms with E-state index in [9.17, 15) is 9.59 Å². The zero-order valence-electron chi connectivity index (χ0n) is 12.2. The predicted octanol–water partition coefficient (Wildman–Crippen LogP) is 4.04. The summed E-state index contributed by atoms with van der Waals surface area (Å²) in [4.78, 5) is 24.0. The highest BCUT2D eigenvalue weighted by Gasteiger charge is 2.23. The predicted molar refractivity (Wildman–Crippen MR) is 82.6 cm³/mol. The van der Waals surface area contributed by atoms with E-state index < -0.39 is 5.97 Å². The summed E-state index contributed by atoms with van der Waals surface area (Å²) in [6.07, 6.45) is 4.79. The molecule has 1 aromatic rings. The summed E-state index contributed by atoms with van der Waals surface area (Å²) in [5.41, 5.74) is 0.870. The Morgan fingerprint density at radius 3 is 2.71 bits per heavy atom. The Balaban J connectivity index is 2.07. The number of nitrogens with one attached hydrogen (secondary N) is 1. The highest BCUT2D eigenvalue weighted by molar-refractivity contribution is 6.33. The van der Waals surface area contributed by atoms with E-state index in [2.05, 4.69) is 5.32 Å². The normalized spacial score (nSPS) is 15.0. The van der Waals surface area contributed by atoms with E-state index in [1.807, 2.05) is 6.92 Å². The van der Waals surface area contributed by atoms with Crippen molar-refractivity contribution in [1.82, 2.24) is 0 Å². The molecule has 21 heavy (non-hydrogen) atoms. The second kappa shape index (κ2) is 7.46. The van der Waals surface area contributed by atoms with E-state index in [1.165, 1.54) is 0 Å². The third-order valence-electron chi connectivity index (χ3n) is 3.62. The number of hydrogen-bond acceptors (Lipinski definition) is 3. The van der Waals surface area contributed by atoms with Crippen molar-refractivity contribution in [1.29, 1.82) is 0 Å². The van der Waals surface area contributed by atoms with Crippen molar-refractivity contribution in [2.45, 2.75) is 39.0 Å². The highest BCUT2D eigenvalue weighted by atomic mass is 35.5. The third-order valence-corrected chi connectivity index (χ3v) is 3.95. The summed E-state index contributed by atoms with van der Waals surface area (Å²) in [5.74, 6) is -0.366. The molecule has 1 aromatic carbocycles. The van der Waals surface area contributed by atoms with Gasteiger partial charge in [0.25, 0.3) is 0 Å². The molecule has 1 N–H and O–H groups in total. The SMILES string of the molecule is CCCOC(=O)c1ccc(Cl)c(NC(=O)C2CCCC2)c1. The first-order chi connectivity index (χ1) is 10.1. The zero-order valence-corrected chi connectivity index (χ0v) is 12.9. The Labute approximate surface area is 129 Å². The average Bonchev–Trinajstić information content (AvgIpc) is 3.01. The molecule has 0 spiro atoms. The number of carbonyl (C=O) groups excluding carboxylic acids is 2. The minimum absolute atomic E-state index is 0.0199. The number of hydrogen-bond donors (Lipinski definition) is 1. The lowest BCUT2D eigenvalue weighted by Crippen LogP contribution is -2.20. The standard InChI is InChI=1S/C16H20ClNO3/c1-2-9-21-16(20)12-7-8-13(17)14(10-12)18-15(19)11-5-3-4-6-11/h7-8,10-11H,2-6,9H2,1H3,(H,18,19). The van der Waals surface area contributed by atoms with Gasteiger partial charge in [-0.3, -0.25) is 4.79 Å². The summed E-state index contributed by atoms with van der Waals surface area (Å²) >= 11 is 6.09. The van der Waals surface area contributed by atoms with Crippen LogP contribution in [0.5, 0.6) is 0 Å². The molecule has 114 valence electrons. The zero-order chi connectivity index (χ0) is 15.2. The number of rotatable bonds is 5. The lowest BCUT2D eigenvalue weighted by atomic mass is 10.1. The molecule has 1 saturated carbocycles. The van der Waals surface area contributed by atoms with Gasteiger partial charge in [0.15, 0.2) is 0 Å². The Kier molecular flexibility index (Phi) is 5.62. The number of esters is 1. The second-order valence-corrected chi connectivity index (χ2v) is 5.71. The number of carbonyl (C=O) groups is 2. The van der Waals surface area contributed by atoms with Crippen molar-refractivity contribution in [3.05, 3.63) is 28.8 Å². The molecule has 0 atom stereocenters.